The fourth-order valence-electron chi connectivity index (χ4n) is 1.30. The molecular weight excluding hydrogens is 262 g/mol. The van der Waals surface area contributed by atoms with Gasteiger partial charge in [0, 0.05) is 11.8 Å². The summed E-state index contributed by atoms with van der Waals surface area (Å²) in [4.78, 5) is 32.7. The third kappa shape index (κ3) is 5.78. The van der Waals surface area contributed by atoms with E-state index in [1.54, 1.807) is 24.3 Å². The fraction of sp³-hybridized carbons (Fsp3) is 0.154. The summed E-state index contributed by atoms with van der Waals surface area (Å²) in [5.74, 6) is -1.81. The number of carboxylic acid groups (broad SMARTS) is 1. The molecule has 0 aliphatic heterocycles. The van der Waals surface area contributed by atoms with Crippen LogP contribution in [0, 0.1) is 0 Å². The summed E-state index contributed by atoms with van der Waals surface area (Å²) in [7, 11) is 0. The number of amides is 2. The third-order valence-corrected chi connectivity index (χ3v) is 2.24. The highest BCUT2D eigenvalue weighted by Gasteiger charge is 2.04. The van der Waals surface area contributed by atoms with Gasteiger partial charge in [-0.05, 0) is 23.8 Å². The van der Waals surface area contributed by atoms with Crippen molar-refractivity contribution in [3.8, 4) is 0 Å². The van der Waals surface area contributed by atoms with E-state index in [9.17, 15) is 14.4 Å². The number of hydrogen-bond acceptors (Lipinski definition) is 4. The van der Waals surface area contributed by atoms with E-state index < -0.39 is 11.9 Å². The minimum atomic E-state index is -1.03. The number of rotatable bonds is 6. The topological polar surface area (TPSA) is 122 Å². The first kappa shape index (κ1) is 15.4. The van der Waals surface area contributed by atoms with Crippen LogP contribution in [0.3, 0.4) is 0 Å². The minimum Gasteiger partial charge on any atom is -0.478 e. The van der Waals surface area contributed by atoms with E-state index in [-0.39, 0.29) is 19.0 Å². The van der Waals surface area contributed by atoms with Gasteiger partial charge >= 0.3 is 5.97 Å². The van der Waals surface area contributed by atoms with E-state index in [1.165, 1.54) is 6.08 Å². The smallest absolute Gasteiger partial charge is 0.328 e. The molecule has 1 rings (SSSR count). The maximum atomic E-state index is 11.5. The molecule has 0 heterocycles. The Morgan fingerprint density at radius 3 is 2.35 bits per heavy atom. The zero-order valence-corrected chi connectivity index (χ0v) is 10.6. The van der Waals surface area contributed by atoms with Gasteiger partial charge in [-0.25, -0.2) is 4.79 Å². The van der Waals surface area contributed by atoms with Crippen LogP contribution < -0.4 is 16.4 Å². The van der Waals surface area contributed by atoms with Gasteiger partial charge in [-0.2, -0.15) is 0 Å². The molecule has 1 aromatic carbocycles. The summed E-state index contributed by atoms with van der Waals surface area (Å²) in [6.45, 7) is -0.325. The molecule has 0 unspecified atom stereocenters. The second-order valence-corrected chi connectivity index (χ2v) is 3.82. The number of carbonyl (C=O) groups is 3. The Balaban J connectivity index is 2.50. The summed E-state index contributed by atoms with van der Waals surface area (Å²) in [5, 5.41) is 13.4. The first-order chi connectivity index (χ1) is 9.51. The van der Waals surface area contributed by atoms with Gasteiger partial charge in [-0.3, -0.25) is 9.59 Å². The van der Waals surface area contributed by atoms with Crippen LogP contribution in [-0.4, -0.2) is 36.0 Å². The molecule has 0 aromatic heterocycles. The monoisotopic (exact) mass is 277 g/mol. The molecule has 0 saturated carbocycles. The van der Waals surface area contributed by atoms with Crippen molar-refractivity contribution in [2.75, 3.05) is 18.4 Å². The third-order valence-electron chi connectivity index (χ3n) is 2.24. The SMILES string of the molecule is NCC(=O)NCC(=O)Nc1ccc(/C=C/C(=O)O)cc1. The normalized spacial score (nSPS) is 10.2. The van der Waals surface area contributed by atoms with Gasteiger partial charge in [-0.15, -0.1) is 0 Å². The molecule has 0 fully saturated rings. The Morgan fingerprint density at radius 1 is 1.15 bits per heavy atom. The lowest BCUT2D eigenvalue weighted by Gasteiger charge is -2.06. The van der Waals surface area contributed by atoms with Crippen molar-refractivity contribution in [3.63, 3.8) is 0 Å². The van der Waals surface area contributed by atoms with E-state index in [4.69, 9.17) is 10.8 Å². The molecule has 0 bridgehead atoms. The van der Waals surface area contributed by atoms with Gasteiger partial charge in [0.2, 0.25) is 11.8 Å². The van der Waals surface area contributed by atoms with E-state index in [2.05, 4.69) is 10.6 Å². The molecule has 0 aliphatic carbocycles. The summed E-state index contributed by atoms with van der Waals surface area (Å²) in [5.41, 5.74) is 6.33. The fourth-order valence-corrected chi connectivity index (χ4v) is 1.30. The largest absolute Gasteiger partial charge is 0.478 e. The van der Waals surface area contributed by atoms with Crippen LogP contribution in [0.1, 0.15) is 5.56 Å². The Kier molecular flexibility index (Phi) is 5.92. The standard InChI is InChI=1S/C13H15N3O4/c14-7-11(17)15-8-12(18)16-10-4-1-9(2-5-10)3-6-13(19)20/h1-6H,7-8,14H2,(H,15,17)(H,16,18)(H,19,20)/b6-3+. The van der Waals surface area contributed by atoms with Gasteiger partial charge in [0.1, 0.15) is 0 Å². The van der Waals surface area contributed by atoms with Crippen molar-refractivity contribution in [2.45, 2.75) is 0 Å². The van der Waals surface area contributed by atoms with E-state index >= 15 is 0 Å². The second kappa shape index (κ2) is 7.70. The minimum absolute atomic E-state index is 0.156. The highest BCUT2D eigenvalue weighted by Crippen LogP contribution is 2.10. The first-order valence-corrected chi connectivity index (χ1v) is 5.79. The van der Waals surface area contributed by atoms with Crippen molar-refractivity contribution in [1.29, 1.82) is 0 Å². The summed E-state index contributed by atoms with van der Waals surface area (Å²) < 4.78 is 0. The maximum Gasteiger partial charge on any atom is 0.328 e. The molecule has 7 nitrogen and oxygen atoms in total. The zero-order chi connectivity index (χ0) is 15.0. The predicted octanol–water partition coefficient (Wildman–Crippen LogP) is -0.202. The number of hydrogen-bond donors (Lipinski definition) is 4. The molecule has 1 aromatic rings. The van der Waals surface area contributed by atoms with E-state index in [0.29, 0.717) is 11.3 Å². The van der Waals surface area contributed by atoms with Gasteiger partial charge in [0.25, 0.3) is 0 Å². The highest BCUT2D eigenvalue weighted by molar-refractivity contribution is 5.94. The quantitative estimate of drug-likeness (QED) is 0.536. The Hall–Kier alpha value is -2.67. The molecule has 20 heavy (non-hydrogen) atoms. The lowest BCUT2D eigenvalue weighted by atomic mass is 10.2. The number of nitrogens with one attached hydrogen (secondary N) is 2. The maximum absolute atomic E-state index is 11.5. The van der Waals surface area contributed by atoms with Gasteiger partial charge in [0.05, 0.1) is 13.1 Å². The average Bonchev–Trinajstić information content (AvgIpc) is 2.44. The van der Waals surface area contributed by atoms with Crippen LogP contribution in [0.4, 0.5) is 5.69 Å². The molecule has 106 valence electrons. The molecule has 2 amide bonds. The van der Waals surface area contributed by atoms with Crippen LogP contribution in [0.2, 0.25) is 0 Å². The zero-order valence-electron chi connectivity index (χ0n) is 10.6. The van der Waals surface area contributed by atoms with Gasteiger partial charge < -0.3 is 21.5 Å². The van der Waals surface area contributed by atoms with E-state index in [1.807, 2.05) is 0 Å². The van der Waals surface area contributed by atoms with Crippen LogP contribution in [0.25, 0.3) is 6.08 Å². The molecule has 0 aliphatic rings. The molecule has 0 radical (unpaired) electrons. The molecule has 0 saturated heterocycles. The van der Waals surface area contributed by atoms with Crippen molar-refractivity contribution in [1.82, 2.24) is 5.32 Å². The second-order valence-electron chi connectivity index (χ2n) is 3.82. The number of benzene rings is 1. The van der Waals surface area contributed by atoms with Crippen LogP contribution in [0.5, 0.6) is 0 Å². The molecular formula is C13H15N3O4. The Labute approximate surface area is 115 Å². The molecule has 0 atom stereocenters. The van der Waals surface area contributed by atoms with Crippen molar-refractivity contribution < 1.29 is 19.5 Å². The summed E-state index contributed by atoms with van der Waals surface area (Å²) in [6.07, 6.45) is 2.46. The lowest BCUT2D eigenvalue weighted by molar-refractivity contribution is -0.131. The van der Waals surface area contributed by atoms with Crippen LogP contribution in [0.15, 0.2) is 30.3 Å². The van der Waals surface area contributed by atoms with Crippen LogP contribution in [-0.2, 0) is 14.4 Å². The molecule has 7 heteroatoms. The number of nitrogens with two attached hydrogens (primary N) is 1. The number of carboxylic acids is 1. The first-order valence-electron chi connectivity index (χ1n) is 5.79. The Bertz CT molecular complexity index is 523. The Morgan fingerprint density at radius 2 is 1.80 bits per heavy atom. The summed E-state index contributed by atoms with van der Waals surface area (Å²) >= 11 is 0. The number of carbonyl (C=O) groups excluding carboxylic acids is 2. The van der Waals surface area contributed by atoms with Gasteiger partial charge in [0.15, 0.2) is 0 Å². The summed E-state index contributed by atoms with van der Waals surface area (Å²) in [6, 6.07) is 6.58. The lowest BCUT2D eigenvalue weighted by Crippen LogP contribution is -2.36. The molecule has 5 N–H and O–H groups in total. The van der Waals surface area contributed by atoms with Gasteiger partial charge in [-0.1, -0.05) is 12.1 Å². The van der Waals surface area contributed by atoms with Crippen LogP contribution >= 0.6 is 0 Å². The number of anilines is 1. The van der Waals surface area contributed by atoms with Crippen molar-refractivity contribution >= 4 is 29.5 Å². The van der Waals surface area contributed by atoms with E-state index in [0.717, 1.165) is 6.08 Å². The predicted molar refractivity (Wildman–Crippen MR) is 73.8 cm³/mol. The van der Waals surface area contributed by atoms with Crippen molar-refractivity contribution in [2.24, 2.45) is 5.73 Å². The highest BCUT2D eigenvalue weighted by atomic mass is 16.4. The van der Waals surface area contributed by atoms with Crippen molar-refractivity contribution in [3.05, 3.63) is 35.9 Å². The average molecular weight is 277 g/mol. The number of aliphatic carboxylic acids is 1. The molecule has 0 spiro atoms.